The second-order valence-electron chi connectivity index (χ2n) is 22.8. The Labute approximate surface area is 450 Å². The first-order valence-electron chi connectivity index (χ1n) is 33.0. The Kier molecular flexibility index (Phi) is 60.9. The van der Waals surface area contributed by atoms with Gasteiger partial charge in [0.2, 0.25) is 5.91 Å². The zero-order valence-corrected chi connectivity index (χ0v) is 48.9. The lowest BCUT2D eigenvalue weighted by Gasteiger charge is -2.20. The second-order valence-corrected chi connectivity index (χ2v) is 22.8. The number of esters is 1. The Morgan fingerprint density at radius 2 is 0.639 bits per heavy atom. The molecule has 72 heavy (non-hydrogen) atoms. The molecule has 6 heteroatoms. The highest BCUT2D eigenvalue weighted by molar-refractivity contribution is 5.76. The summed E-state index contributed by atoms with van der Waals surface area (Å²) in [5.74, 6) is -0.0420. The monoisotopic (exact) mass is 1020 g/mol. The molecular formula is C66H129NO5. The van der Waals surface area contributed by atoms with Crippen LogP contribution in [0.3, 0.4) is 0 Å². The molecular weight excluding hydrogens is 887 g/mol. The lowest BCUT2D eigenvalue weighted by molar-refractivity contribution is -0.143. The molecule has 0 aliphatic rings. The summed E-state index contributed by atoms with van der Waals surface area (Å²) >= 11 is 0. The summed E-state index contributed by atoms with van der Waals surface area (Å²) in [6.07, 6.45) is 75.6. The van der Waals surface area contributed by atoms with Gasteiger partial charge >= 0.3 is 5.97 Å². The topological polar surface area (TPSA) is 95.9 Å². The van der Waals surface area contributed by atoms with Gasteiger partial charge in [-0.15, -0.1) is 0 Å². The Hall–Kier alpha value is -1.40. The Balaban J connectivity index is 3.34. The van der Waals surface area contributed by atoms with E-state index in [0.29, 0.717) is 19.4 Å². The second kappa shape index (κ2) is 62.1. The maximum Gasteiger partial charge on any atom is 0.305 e. The minimum absolute atomic E-state index is 0.0206. The molecule has 0 spiro atoms. The number of allylic oxidation sites excluding steroid dienone is 1. The van der Waals surface area contributed by atoms with Crippen LogP contribution < -0.4 is 5.32 Å². The van der Waals surface area contributed by atoms with Gasteiger partial charge in [-0.1, -0.05) is 341 Å². The van der Waals surface area contributed by atoms with E-state index in [2.05, 4.69) is 19.2 Å². The van der Waals surface area contributed by atoms with Crippen LogP contribution in [0.4, 0.5) is 0 Å². The van der Waals surface area contributed by atoms with Crippen LogP contribution >= 0.6 is 0 Å². The van der Waals surface area contributed by atoms with Gasteiger partial charge in [-0.3, -0.25) is 9.59 Å². The minimum Gasteiger partial charge on any atom is -0.466 e. The molecule has 0 radical (unpaired) electrons. The molecule has 0 saturated carbocycles. The van der Waals surface area contributed by atoms with E-state index in [1.165, 1.54) is 308 Å². The average molecular weight is 1020 g/mol. The van der Waals surface area contributed by atoms with Gasteiger partial charge in [-0.05, 0) is 32.1 Å². The van der Waals surface area contributed by atoms with Crippen molar-refractivity contribution in [3.8, 4) is 0 Å². The van der Waals surface area contributed by atoms with Crippen molar-refractivity contribution in [2.75, 3.05) is 13.2 Å². The van der Waals surface area contributed by atoms with Crippen LogP contribution in [-0.2, 0) is 14.3 Å². The average Bonchev–Trinajstić information content (AvgIpc) is 3.38. The molecule has 0 aromatic rings. The summed E-state index contributed by atoms with van der Waals surface area (Å²) in [7, 11) is 0. The number of aliphatic hydroxyl groups excluding tert-OH is 2. The molecule has 3 N–H and O–H groups in total. The molecule has 0 aromatic heterocycles. The first-order valence-corrected chi connectivity index (χ1v) is 33.0. The van der Waals surface area contributed by atoms with Crippen LogP contribution in [0.25, 0.3) is 0 Å². The lowest BCUT2D eigenvalue weighted by atomic mass is 10.0. The number of ether oxygens (including phenoxy) is 1. The number of amides is 1. The zero-order chi connectivity index (χ0) is 52.2. The fraction of sp³-hybridized carbons (Fsp3) is 0.939. The number of carbonyl (C=O) groups excluding carboxylic acids is 2. The van der Waals surface area contributed by atoms with Crippen molar-refractivity contribution in [2.24, 2.45) is 0 Å². The zero-order valence-electron chi connectivity index (χ0n) is 48.9. The predicted octanol–water partition coefficient (Wildman–Crippen LogP) is 20.8. The van der Waals surface area contributed by atoms with E-state index in [9.17, 15) is 19.8 Å². The third-order valence-electron chi connectivity index (χ3n) is 15.6. The number of unbranched alkanes of at least 4 members (excludes halogenated alkanes) is 51. The highest BCUT2D eigenvalue weighted by Gasteiger charge is 2.18. The molecule has 0 heterocycles. The van der Waals surface area contributed by atoms with E-state index in [1.54, 1.807) is 6.08 Å². The highest BCUT2D eigenvalue weighted by atomic mass is 16.5. The van der Waals surface area contributed by atoms with E-state index in [-0.39, 0.29) is 18.5 Å². The maximum absolute atomic E-state index is 12.5. The number of nitrogens with one attached hydrogen (secondary N) is 1. The summed E-state index contributed by atoms with van der Waals surface area (Å²) in [6, 6.07) is -0.624. The predicted molar refractivity (Wildman–Crippen MR) is 315 cm³/mol. The Morgan fingerprint density at radius 3 is 0.944 bits per heavy atom. The summed E-state index contributed by atoms with van der Waals surface area (Å²) in [5.41, 5.74) is 0. The van der Waals surface area contributed by atoms with Crippen molar-refractivity contribution in [3.63, 3.8) is 0 Å². The first kappa shape index (κ1) is 70.6. The number of hydrogen-bond acceptors (Lipinski definition) is 5. The van der Waals surface area contributed by atoms with E-state index < -0.39 is 12.1 Å². The largest absolute Gasteiger partial charge is 0.466 e. The molecule has 0 fully saturated rings. The summed E-state index contributed by atoms with van der Waals surface area (Å²) < 4.78 is 5.49. The molecule has 1 amide bonds. The van der Waals surface area contributed by atoms with Crippen molar-refractivity contribution in [1.29, 1.82) is 0 Å². The van der Waals surface area contributed by atoms with Gasteiger partial charge < -0.3 is 20.3 Å². The molecule has 0 aliphatic heterocycles. The van der Waals surface area contributed by atoms with Gasteiger partial charge in [0, 0.05) is 12.8 Å². The molecule has 0 rings (SSSR count). The fourth-order valence-corrected chi connectivity index (χ4v) is 10.5. The molecule has 6 nitrogen and oxygen atoms in total. The smallest absolute Gasteiger partial charge is 0.305 e. The van der Waals surface area contributed by atoms with Gasteiger partial charge in [0.15, 0.2) is 0 Å². The van der Waals surface area contributed by atoms with Gasteiger partial charge in [0.25, 0.3) is 0 Å². The van der Waals surface area contributed by atoms with Gasteiger partial charge in [-0.2, -0.15) is 0 Å². The van der Waals surface area contributed by atoms with Crippen LogP contribution in [0.2, 0.25) is 0 Å². The van der Waals surface area contributed by atoms with E-state index in [0.717, 1.165) is 38.5 Å². The summed E-state index contributed by atoms with van der Waals surface area (Å²) in [5, 5.41) is 23.1. The Morgan fingerprint density at radius 1 is 0.375 bits per heavy atom. The van der Waals surface area contributed by atoms with Crippen LogP contribution in [0.1, 0.15) is 373 Å². The van der Waals surface area contributed by atoms with E-state index in [1.807, 2.05) is 6.08 Å². The van der Waals surface area contributed by atoms with Crippen molar-refractivity contribution in [1.82, 2.24) is 5.32 Å². The molecule has 2 unspecified atom stereocenters. The number of aliphatic hydroxyl groups is 2. The quantitative estimate of drug-likeness (QED) is 0.0320. The number of rotatable bonds is 62. The van der Waals surface area contributed by atoms with E-state index in [4.69, 9.17) is 4.74 Å². The van der Waals surface area contributed by atoms with Crippen LogP contribution in [0, 0.1) is 0 Å². The fourth-order valence-electron chi connectivity index (χ4n) is 10.5. The van der Waals surface area contributed by atoms with Crippen LogP contribution in [0.5, 0.6) is 0 Å². The SMILES string of the molecule is CCCCCCCCCCCCCC/C=C/C(O)C(CO)NC(=O)CCCCCCCCCCCCCCCCCCCCCCCCCCCCCCOC(=O)CCCCCCCCCCCCCCC. The van der Waals surface area contributed by atoms with Crippen molar-refractivity contribution < 1.29 is 24.5 Å². The standard InChI is InChI=1S/C66H129NO5/c1-3-5-7-9-11-13-15-17-35-38-42-46-50-54-58-64(69)63(62-68)67-65(70)59-55-51-47-43-39-36-32-30-28-26-24-22-20-18-19-21-23-25-27-29-31-33-37-41-45-49-53-57-61-72-66(71)60-56-52-48-44-40-34-16-14-12-10-8-6-4-2/h54,58,63-64,68-69H,3-53,55-57,59-62H2,1-2H3,(H,67,70)/b58-54+. The molecule has 0 aromatic carbocycles. The maximum atomic E-state index is 12.5. The highest BCUT2D eigenvalue weighted by Crippen LogP contribution is 2.19. The lowest BCUT2D eigenvalue weighted by Crippen LogP contribution is -2.45. The Bertz CT molecular complexity index is 1080. The minimum atomic E-state index is -0.841. The molecule has 0 bridgehead atoms. The molecule has 0 saturated heterocycles. The molecule has 428 valence electrons. The summed E-state index contributed by atoms with van der Waals surface area (Å²) in [6.45, 7) is 4.93. The number of hydrogen-bond donors (Lipinski definition) is 3. The first-order chi connectivity index (χ1) is 35.5. The van der Waals surface area contributed by atoms with Gasteiger partial charge in [0.05, 0.1) is 25.4 Å². The third kappa shape index (κ3) is 57.9. The van der Waals surface area contributed by atoms with Crippen molar-refractivity contribution >= 4 is 11.9 Å². The molecule has 2 atom stereocenters. The summed E-state index contributed by atoms with van der Waals surface area (Å²) in [4.78, 5) is 24.5. The number of carbonyl (C=O) groups is 2. The van der Waals surface area contributed by atoms with Gasteiger partial charge in [-0.25, -0.2) is 0 Å². The normalized spacial score (nSPS) is 12.6. The van der Waals surface area contributed by atoms with Crippen molar-refractivity contribution in [2.45, 2.75) is 386 Å². The third-order valence-corrected chi connectivity index (χ3v) is 15.6. The van der Waals surface area contributed by atoms with Crippen LogP contribution in [0.15, 0.2) is 12.2 Å². The van der Waals surface area contributed by atoms with Gasteiger partial charge in [0.1, 0.15) is 0 Å². The molecule has 0 aliphatic carbocycles. The van der Waals surface area contributed by atoms with E-state index >= 15 is 0 Å². The van der Waals surface area contributed by atoms with Crippen LogP contribution in [-0.4, -0.2) is 47.4 Å². The van der Waals surface area contributed by atoms with Crippen molar-refractivity contribution in [3.05, 3.63) is 12.2 Å².